The zero-order chi connectivity index (χ0) is 23.0. The molecule has 1 amide bonds. The molecule has 0 radical (unpaired) electrons. The van der Waals surface area contributed by atoms with E-state index in [0.717, 1.165) is 22.4 Å². The maximum absolute atomic E-state index is 12.8. The summed E-state index contributed by atoms with van der Waals surface area (Å²) in [5.41, 5.74) is 3.88. The van der Waals surface area contributed by atoms with E-state index in [9.17, 15) is 13.2 Å². The Balaban J connectivity index is 1.63. The Morgan fingerprint density at radius 3 is 2.50 bits per heavy atom. The summed E-state index contributed by atoms with van der Waals surface area (Å²) >= 11 is 1.38. The Morgan fingerprint density at radius 1 is 1.06 bits per heavy atom. The van der Waals surface area contributed by atoms with Crippen LogP contribution in [0.25, 0.3) is 0 Å². The molecule has 2 unspecified atom stereocenters. The normalized spacial score (nSPS) is 22.8. The number of amidine groups is 1. The second-order valence-electron chi connectivity index (χ2n) is 8.09. The first-order valence-electron chi connectivity index (χ1n) is 10.3. The standard InChI is InChI=1S/C23H26N2O5S2/c1-14-5-7-17(9-15(14)2)25-18-12-32(27,28)13-21(18)31-23(25)24-22(26)11-16-6-8-19(29-3)20(10-16)30-4/h5-10,18,21H,11-13H2,1-4H3. The largest absolute Gasteiger partial charge is 0.493 e. The van der Waals surface area contributed by atoms with E-state index in [4.69, 9.17) is 9.47 Å². The minimum Gasteiger partial charge on any atom is -0.493 e. The number of fused-ring (bicyclic) bond motifs is 1. The minimum absolute atomic E-state index is 0.0699. The molecule has 2 aromatic rings. The van der Waals surface area contributed by atoms with Crippen molar-refractivity contribution in [3.63, 3.8) is 0 Å². The van der Waals surface area contributed by atoms with Gasteiger partial charge in [0.05, 0.1) is 38.2 Å². The number of aryl methyl sites for hydroxylation is 2. The molecular formula is C23H26N2O5S2. The van der Waals surface area contributed by atoms with Crippen LogP contribution in [0.1, 0.15) is 16.7 Å². The number of benzene rings is 2. The van der Waals surface area contributed by atoms with Crippen LogP contribution >= 0.6 is 11.8 Å². The summed E-state index contributed by atoms with van der Waals surface area (Å²) in [6, 6.07) is 11.1. The molecule has 2 heterocycles. The molecule has 0 aromatic heterocycles. The van der Waals surface area contributed by atoms with Gasteiger partial charge in [-0.25, -0.2) is 8.42 Å². The second-order valence-corrected chi connectivity index (χ2v) is 11.5. The number of methoxy groups -OCH3 is 2. The molecule has 2 atom stereocenters. The number of nitrogens with zero attached hydrogens (tertiary/aromatic N) is 2. The van der Waals surface area contributed by atoms with Gasteiger partial charge in [0.2, 0.25) is 0 Å². The van der Waals surface area contributed by atoms with Crippen molar-refractivity contribution < 1.29 is 22.7 Å². The van der Waals surface area contributed by atoms with Gasteiger partial charge in [-0.2, -0.15) is 4.99 Å². The highest BCUT2D eigenvalue weighted by Gasteiger charge is 2.49. The summed E-state index contributed by atoms with van der Waals surface area (Å²) in [5, 5.41) is 0.429. The van der Waals surface area contributed by atoms with Crippen molar-refractivity contribution >= 4 is 38.4 Å². The van der Waals surface area contributed by atoms with Crippen LogP contribution in [-0.2, 0) is 21.1 Å². The van der Waals surface area contributed by atoms with Gasteiger partial charge in [-0.15, -0.1) is 0 Å². The topological polar surface area (TPSA) is 85.3 Å². The number of rotatable bonds is 5. The number of sulfone groups is 1. The smallest absolute Gasteiger partial charge is 0.252 e. The number of anilines is 1. The fourth-order valence-corrected chi connectivity index (χ4v) is 7.98. The Labute approximate surface area is 192 Å². The van der Waals surface area contributed by atoms with Gasteiger partial charge in [0.1, 0.15) is 0 Å². The third-order valence-corrected chi connectivity index (χ3v) is 9.07. The highest BCUT2D eigenvalue weighted by molar-refractivity contribution is 8.16. The zero-order valence-corrected chi connectivity index (χ0v) is 20.1. The molecular weight excluding hydrogens is 448 g/mol. The van der Waals surface area contributed by atoms with Crippen LogP contribution in [0.4, 0.5) is 5.69 Å². The maximum atomic E-state index is 12.8. The lowest BCUT2D eigenvalue weighted by molar-refractivity contribution is -0.117. The van der Waals surface area contributed by atoms with E-state index < -0.39 is 9.84 Å². The van der Waals surface area contributed by atoms with Crippen molar-refractivity contribution in [2.75, 3.05) is 30.6 Å². The number of hydrogen-bond donors (Lipinski definition) is 0. The van der Waals surface area contributed by atoms with E-state index >= 15 is 0 Å². The number of carbonyl (C=O) groups excluding carboxylic acids is 1. The van der Waals surface area contributed by atoms with Gasteiger partial charge in [-0.3, -0.25) is 4.79 Å². The number of ether oxygens (including phenoxy) is 2. The Morgan fingerprint density at radius 2 is 1.81 bits per heavy atom. The van der Waals surface area contributed by atoms with Crippen molar-refractivity contribution in [1.82, 2.24) is 0 Å². The first kappa shape index (κ1) is 22.7. The summed E-state index contributed by atoms with van der Waals surface area (Å²) in [6.07, 6.45) is 0.110. The molecule has 9 heteroatoms. The zero-order valence-electron chi connectivity index (χ0n) is 18.5. The van der Waals surface area contributed by atoms with E-state index in [-0.39, 0.29) is 35.1 Å². The molecule has 32 heavy (non-hydrogen) atoms. The van der Waals surface area contributed by atoms with Crippen molar-refractivity contribution in [1.29, 1.82) is 0 Å². The number of hydrogen-bond acceptors (Lipinski definition) is 6. The molecule has 2 aromatic carbocycles. The van der Waals surface area contributed by atoms with E-state index in [0.29, 0.717) is 16.7 Å². The van der Waals surface area contributed by atoms with Crippen LogP contribution in [0.15, 0.2) is 41.4 Å². The van der Waals surface area contributed by atoms with Gasteiger partial charge in [0.25, 0.3) is 5.91 Å². The average molecular weight is 475 g/mol. The fraction of sp³-hybridized carbons (Fsp3) is 0.391. The summed E-state index contributed by atoms with van der Waals surface area (Å²) < 4.78 is 35.1. The molecule has 7 nitrogen and oxygen atoms in total. The third-order valence-electron chi connectivity index (χ3n) is 5.86. The maximum Gasteiger partial charge on any atom is 0.252 e. The molecule has 0 aliphatic carbocycles. The van der Waals surface area contributed by atoms with Crippen molar-refractivity contribution in [2.45, 2.75) is 31.6 Å². The highest BCUT2D eigenvalue weighted by atomic mass is 32.2. The van der Waals surface area contributed by atoms with Crippen LogP contribution in [-0.4, -0.2) is 56.5 Å². The lowest BCUT2D eigenvalue weighted by Gasteiger charge is -2.25. The Bertz CT molecular complexity index is 1190. The molecule has 4 rings (SSSR count). The molecule has 0 spiro atoms. The molecule has 2 aliphatic rings. The summed E-state index contributed by atoms with van der Waals surface area (Å²) in [6.45, 7) is 4.05. The predicted octanol–water partition coefficient (Wildman–Crippen LogP) is 3.16. The molecule has 2 saturated heterocycles. The van der Waals surface area contributed by atoms with E-state index in [1.165, 1.54) is 11.8 Å². The molecule has 2 fully saturated rings. The summed E-state index contributed by atoms with van der Waals surface area (Å²) in [5.74, 6) is 1.03. The summed E-state index contributed by atoms with van der Waals surface area (Å²) in [7, 11) is 0.000972. The van der Waals surface area contributed by atoms with Gasteiger partial charge in [-0.1, -0.05) is 23.9 Å². The molecule has 2 aliphatic heterocycles. The Hall–Kier alpha value is -2.52. The molecule has 170 valence electrons. The predicted molar refractivity (Wildman–Crippen MR) is 128 cm³/mol. The second kappa shape index (κ2) is 8.78. The van der Waals surface area contributed by atoms with Crippen LogP contribution in [0, 0.1) is 13.8 Å². The van der Waals surface area contributed by atoms with Crippen LogP contribution in [0.5, 0.6) is 11.5 Å². The number of amides is 1. The fourth-order valence-electron chi connectivity index (χ4n) is 4.05. The molecule has 0 bridgehead atoms. The van der Waals surface area contributed by atoms with Crippen molar-refractivity contribution in [2.24, 2.45) is 4.99 Å². The molecule has 0 N–H and O–H groups in total. The van der Waals surface area contributed by atoms with E-state index in [2.05, 4.69) is 4.99 Å². The van der Waals surface area contributed by atoms with Crippen LogP contribution in [0.3, 0.4) is 0 Å². The van der Waals surface area contributed by atoms with E-state index in [1.54, 1.807) is 26.4 Å². The monoisotopic (exact) mass is 474 g/mol. The minimum atomic E-state index is -3.11. The van der Waals surface area contributed by atoms with Crippen molar-refractivity contribution in [3.05, 3.63) is 53.1 Å². The average Bonchev–Trinajstić information content (AvgIpc) is 3.20. The van der Waals surface area contributed by atoms with Crippen molar-refractivity contribution in [3.8, 4) is 11.5 Å². The van der Waals surface area contributed by atoms with E-state index in [1.807, 2.05) is 43.0 Å². The summed E-state index contributed by atoms with van der Waals surface area (Å²) in [4.78, 5) is 19.2. The highest BCUT2D eigenvalue weighted by Crippen LogP contribution is 2.41. The first-order chi connectivity index (χ1) is 15.2. The van der Waals surface area contributed by atoms with Crippen LogP contribution in [0.2, 0.25) is 0 Å². The van der Waals surface area contributed by atoms with Gasteiger partial charge < -0.3 is 14.4 Å². The number of carbonyl (C=O) groups is 1. The van der Waals surface area contributed by atoms with Gasteiger partial charge in [-0.05, 0) is 54.8 Å². The number of aliphatic imine (C=N–C) groups is 1. The number of thioether (sulfide) groups is 1. The van der Waals surface area contributed by atoms with Gasteiger partial charge >= 0.3 is 0 Å². The first-order valence-corrected chi connectivity index (χ1v) is 13.0. The SMILES string of the molecule is COc1ccc(CC(=O)N=C2SC3CS(=O)(=O)CC3N2c2ccc(C)c(C)c2)cc1OC. The lowest BCUT2D eigenvalue weighted by Crippen LogP contribution is -2.37. The lowest BCUT2D eigenvalue weighted by atomic mass is 10.1. The van der Waals surface area contributed by atoms with Gasteiger partial charge in [0.15, 0.2) is 26.5 Å². The Kier molecular flexibility index (Phi) is 6.22. The van der Waals surface area contributed by atoms with Gasteiger partial charge in [0, 0.05) is 10.9 Å². The van der Waals surface area contributed by atoms with Crippen LogP contribution < -0.4 is 14.4 Å². The third kappa shape index (κ3) is 4.49. The molecule has 0 saturated carbocycles. The quantitative estimate of drug-likeness (QED) is 0.658.